The van der Waals surface area contributed by atoms with E-state index in [1.807, 2.05) is 65.6 Å². The van der Waals surface area contributed by atoms with Gasteiger partial charge in [0.2, 0.25) is 5.56 Å². The number of H-pyrrole nitrogens is 1. The Morgan fingerprint density at radius 2 is 1.69 bits per heavy atom. The molecule has 8 heteroatoms. The maximum absolute atomic E-state index is 13.6. The fraction of sp³-hybridized carbons (Fsp3) is 0.226. The van der Waals surface area contributed by atoms with Gasteiger partial charge in [0.15, 0.2) is 0 Å². The number of benzene rings is 2. The highest BCUT2D eigenvalue weighted by atomic mass is 16.2. The molecule has 1 aliphatic carbocycles. The van der Waals surface area contributed by atoms with Crippen molar-refractivity contribution in [1.29, 1.82) is 5.26 Å². The molecule has 39 heavy (non-hydrogen) atoms. The number of hydrogen-bond acceptors (Lipinski definition) is 5. The van der Waals surface area contributed by atoms with E-state index in [0.717, 1.165) is 53.9 Å². The molecule has 0 saturated heterocycles. The highest BCUT2D eigenvalue weighted by molar-refractivity contribution is 5.93. The number of urea groups is 1. The average Bonchev–Trinajstić information content (AvgIpc) is 2.99. The van der Waals surface area contributed by atoms with Crippen molar-refractivity contribution in [2.45, 2.75) is 44.3 Å². The van der Waals surface area contributed by atoms with E-state index in [4.69, 9.17) is 5.26 Å². The fourth-order valence-corrected chi connectivity index (χ4v) is 4.99. The molecule has 0 aliphatic heterocycles. The molecule has 196 valence electrons. The molecule has 2 heterocycles. The van der Waals surface area contributed by atoms with Crippen molar-refractivity contribution in [2.75, 3.05) is 10.2 Å². The number of hydrogen-bond donors (Lipinski definition) is 3. The standard InChI is InChI=1S/C31H30N6O2/c32-18-23-6-16-29(33-20-23)36-26-10-14-28(15-11-26)37(31(39)35-19-22-4-2-1-3-5-22)27-12-7-24(8-13-27)25-9-17-30(38)34-21-25/h1-9,12-13,16-17,20-21,26,28H,10-11,14-15,19H2,(H,33,36)(H,34,38)(H,35,39). The first-order valence-electron chi connectivity index (χ1n) is 13.1. The molecular formula is C31H30N6O2. The van der Waals surface area contributed by atoms with Gasteiger partial charge in [0.25, 0.3) is 0 Å². The van der Waals surface area contributed by atoms with Crippen LogP contribution in [0.4, 0.5) is 16.3 Å². The Kier molecular flexibility index (Phi) is 7.98. The molecule has 1 fully saturated rings. The number of nitrogens with zero attached hydrogens (tertiary/aromatic N) is 3. The van der Waals surface area contributed by atoms with Gasteiger partial charge < -0.3 is 15.6 Å². The van der Waals surface area contributed by atoms with E-state index in [1.165, 1.54) is 6.07 Å². The van der Waals surface area contributed by atoms with E-state index in [1.54, 1.807) is 24.5 Å². The van der Waals surface area contributed by atoms with Crippen LogP contribution in [0.2, 0.25) is 0 Å². The van der Waals surface area contributed by atoms with Crippen LogP contribution in [0.1, 0.15) is 36.8 Å². The van der Waals surface area contributed by atoms with E-state index in [9.17, 15) is 9.59 Å². The topological polar surface area (TPSA) is 114 Å². The summed E-state index contributed by atoms with van der Waals surface area (Å²) in [5.41, 5.74) is 4.14. The number of nitriles is 1. The molecule has 3 N–H and O–H groups in total. The van der Waals surface area contributed by atoms with Gasteiger partial charge in [-0.3, -0.25) is 9.69 Å². The van der Waals surface area contributed by atoms with E-state index >= 15 is 0 Å². The summed E-state index contributed by atoms with van der Waals surface area (Å²) in [6, 6.07) is 26.9. The first kappa shape index (κ1) is 25.7. The Bertz CT molecular complexity index is 1470. The molecule has 0 spiro atoms. The molecule has 0 unspecified atom stereocenters. The zero-order valence-electron chi connectivity index (χ0n) is 21.5. The summed E-state index contributed by atoms with van der Waals surface area (Å²) in [5.74, 6) is 0.757. The van der Waals surface area contributed by atoms with Crippen LogP contribution in [0.15, 0.2) is 96.1 Å². The Morgan fingerprint density at radius 3 is 2.33 bits per heavy atom. The minimum Gasteiger partial charge on any atom is -0.367 e. The van der Waals surface area contributed by atoms with E-state index in [0.29, 0.717) is 12.1 Å². The second-order valence-corrected chi connectivity index (χ2v) is 9.70. The summed E-state index contributed by atoms with van der Waals surface area (Å²) in [6.45, 7) is 0.451. The van der Waals surface area contributed by atoms with Crippen LogP contribution in [0.5, 0.6) is 0 Å². The van der Waals surface area contributed by atoms with Gasteiger partial charge in [0.05, 0.1) is 5.56 Å². The van der Waals surface area contributed by atoms with Gasteiger partial charge in [-0.1, -0.05) is 42.5 Å². The van der Waals surface area contributed by atoms with Gasteiger partial charge in [-0.05, 0) is 72.7 Å². The minimum atomic E-state index is -0.142. The smallest absolute Gasteiger partial charge is 0.322 e. The summed E-state index contributed by atoms with van der Waals surface area (Å²) < 4.78 is 0. The van der Waals surface area contributed by atoms with Gasteiger partial charge in [0, 0.05) is 42.8 Å². The van der Waals surface area contributed by atoms with Crippen LogP contribution in [0.3, 0.4) is 0 Å². The van der Waals surface area contributed by atoms with Crippen LogP contribution in [0, 0.1) is 11.3 Å². The van der Waals surface area contributed by atoms with Crippen LogP contribution in [-0.4, -0.2) is 28.1 Å². The predicted molar refractivity (Wildman–Crippen MR) is 152 cm³/mol. The Balaban J connectivity index is 1.30. The van der Waals surface area contributed by atoms with Crippen molar-refractivity contribution >= 4 is 17.5 Å². The van der Waals surface area contributed by atoms with Crippen LogP contribution >= 0.6 is 0 Å². The van der Waals surface area contributed by atoms with Crippen molar-refractivity contribution in [3.05, 3.63) is 113 Å². The number of carbonyl (C=O) groups is 1. The molecule has 2 aromatic heterocycles. The van der Waals surface area contributed by atoms with Crippen LogP contribution < -0.4 is 21.1 Å². The first-order valence-corrected chi connectivity index (χ1v) is 13.1. The van der Waals surface area contributed by atoms with E-state index in [-0.39, 0.29) is 23.7 Å². The van der Waals surface area contributed by atoms with Gasteiger partial charge >= 0.3 is 6.03 Å². The lowest BCUT2D eigenvalue weighted by Gasteiger charge is -2.37. The zero-order chi connectivity index (χ0) is 27.0. The number of rotatable bonds is 7. The van der Waals surface area contributed by atoms with Crippen molar-refractivity contribution in [2.24, 2.45) is 0 Å². The molecule has 4 aromatic rings. The number of anilines is 2. The number of amides is 2. The molecule has 8 nitrogen and oxygen atoms in total. The maximum Gasteiger partial charge on any atom is 0.322 e. The third-order valence-electron chi connectivity index (χ3n) is 7.07. The third kappa shape index (κ3) is 6.51. The van der Waals surface area contributed by atoms with Crippen molar-refractivity contribution in [3.63, 3.8) is 0 Å². The first-order chi connectivity index (χ1) is 19.1. The van der Waals surface area contributed by atoms with Gasteiger partial charge in [0.1, 0.15) is 11.9 Å². The van der Waals surface area contributed by atoms with Gasteiger partial charge in [-0.15, -0.1) is 0 Å². The van der Waals surface area contributed by atoms with E-state index in [2.05, 4.69) is 26.7 Å². The zero-order valence-corrected chi connectivity index (χ0v) is 21.5. The second kappa shape index (κ2) is 12.1. The summed E-state index contributed by atoms with van der Waals surface area (Å²) in [4.78, 5) is 33.9. The van der Waals surface area contributed by atoms with Crippen molar-refractivity contribution < 1.29 is 4.79 Å². The monoisotopic (exact) mass is 518 g/mol. The molecule has 2 amide bonds. The lowest BCUT2D eigenvalue weighted by molar-refractivity contribution is 0.240. The fourth-order valence-electron chi connectivity index (χ4n) is 4.99. The minimum absolute atomic E-state index is 0.0478. The summed E-state index contributed by atoms with van der Waals surface area (Å²) in [5, 5.41) is 15.6. The quantitative estimate of drug-likeness (QED) is 0.301. The van der Waals surface area contributed by atoms with E-state index < -0.39 is 0 Å². The molecule has 1 saturated carbocycles. The van der Waals surface area contributed by atoms with Crippen molar-refractivity contribution in [3.8, 4) is 17.2 Å². The number of nitrogens with one attached hydrogen (secondary N) is 3. The summed E-state index contributed by atoms with van der Waals surface area (Å²) >= 11 is 0. The number of carbonyl (C=O) groups excluding carboxylic acids is 1. The largest absolute Gasteiger partial charge is 0.367 e. The van der Waals surface area contributed by atoms with Gasteiger partial charge in [-0.25, -0.2) is 9.78 Å². The Labute approximate surface area is 227 Å². The lowest BCUT2D eigenvalue weighted by Crippen LogP contribution is -2.48. The van der Waals surface area contributed by atoms with Crippen LogP contribution in [0.25, 0.3) is 11.1 Å². The highest BCUT2D eigenvalue weighted by Gasteiger charge is 2.30. The summed E-state index contributed by atoms with van der Waals surface area (Å²) in [6.07, 6.45) is 6.74. The molecule has 2 aromatic carbocycles. The molecule has 1 aliphatic rings. The number of aromatic nitrogens is 2. The molecule has 0 atom stereocenters. The lowest BCUT2D eigenvalue weighted by atomic mass is 9.89. The molecule has 0 bridgehead atoms. The average molecular weight is 519 g/mol. The Hall–Kier alpha value is -4.90. The Morgan fingerprint density at radius 1 is 0.949 bits per heavy atom. The predicted octanol–water partition coefficient (Wildman–Crippen LogP) is 5.45. The number of pyridine rings is 2. The third-order valence-corrected chi connectivity index (χ3v) is 7.07. The number of aromatic amines is 1. The molecule has 5 rings (SSSR count). The molecular weight excluding hydrogens is 488 g/mol. The van der Waals surface area contributed by atoms with Gasteiger partial charge in [-0.2, -0.15) is 5.26 Å². The maximum atomic E-state index is 13.6. The van der Waals surface area contributed by atoms with Crippen molar-refractivity contribution in [1.82, 2.24) is 15.3 Å². The second-order valence-electron chi connectivity index (χ2n) is 9.70. The molecule has 0 radical (unpaired) electrons. The summed E-state index contributed by atoms with van der Waals surface area (Å²) in [7, 11) is 0. The van der Waals surface area contributed by atoms with Crippen LogP contribution in [-0.2, 0) is 6.54 Å². The SMILES string of the molecule is N#Cc1ccc(NC2CCC(N(C(=O)NCc3ccccc3)c3ccc(-c4ccc(=O)[nH]c4)cc3)CC2)nc1. The normalized spacial score (nSPS) is 16.6. The highest BCUT2D eigenvalue weighted by Crippen LogP contribution is 2.30.